The number of carbonyl (C=O) groups excluding carboxylic acids is 3. The number of hydrogen-bond donors (Lipinski definition) is 2. The third kappa shape index (κ3) is 5.77. The molecule has 1 fully saturated rings. The second kappa shape index (κ2) is 9.66. The van der Waals surface area contributed by atoms with Crippen molar-refractivity contribution < 1.29 is 19.1 Å². The minimum absolute atomic E-state index is 0.200. The van der Waals surface area contributed by atoms with Gasteiger partial charge >= 0.3 is 5.97 Å². The van der Waals surface area contributed by atoms with Crippen molar-refractivity contribution in [2.24, 2.45) is 0 Å². The fourth-order valence-electron chi connectivity index (χ4n) is 2.62. The van der Waals surface area contributed by atoms with Crippen LogP contribution in [-0.4, -0.2) is 35.9 Å². The van der Waals surface area contributed by atoms with Gasteiger partial charge in [0.2, 0.25) is 5.91 Å². The number of carbonyl (C=O) groups is 3. The molecule has 1 aliphatic rings. The molecule has 0 spiro atoms. The van der Waals surface area contributed by atoms with Gasteiger partial charge in [-0.3, -0.25) is 9.59 Å². The molecule has 6 nitrogen and oxygen atoms in total. The minimum atomic E-state index is -0.541. The lowest BCUT2D eigenvalue weighted by Crippen LogP contribution is -2.21. The molecular formula is C20H20N2O4S2. The summed E-state index contributed by atoms with van der Waals surface area (Å²) in [5.74, 6) is 1.09. The molecule has 2 amide bonds. The minimum Gasteiger partial charge on any atom is -0.452 e. The highest BCUT2D eigenvalue weighted by Gasteiger charge is 2.19. The van der Waals surface area contributed by atoms with Gasteiger partial charge in [-0.2, -0.15) is 0 Å². The summed E-state index contributed by atoms with van der Waals surface area (Å²) in [6.45, 7) is 1.02. The molecule has 0 bridgehead atoms. The van der Waals surface area contributed by atoms with Crippen LogP contribution in [0.1, 0.15) is 27.4 Å². The molecule has 3 rings (SSSR count). The maximum absolute atomic E-state index is 12.1. The molecule has 0 aromatic heterocycles. The Balaban J connectivity index is 1.50. The van der Waals surface area contributed by atoms with Crippen LogP contribution in [0.4, 0.5) is 11.4 Å². The number of esters is 1. The van der Waals surface area contributed by atoms with E-state index in [0.717, 1.165) is 11.5 Å². The van der Waals surface area contributed by atoms with Gasteiger partial charge in [0.25, 0.3) is 5.91 Å². The van der Waals surface area contributed by atoms with Crippen molar-refractivity contribution in [1.82, 2.24) is 0 Å². The number of thioether (sulfide) groups is 2. The SMILES string of the molecule is CC(=O)Nc1cccc(NC(=O)COC(=O)c2ccc(C3SCCS3)cc2)c1. The lowest BCUT2D eigenvalue weighted by Gasteiger charge is -2.10. The lowest BCUT2D eigenvalue weighted by molar-refractivity contribution is -0.119. The van der Waals surface area contributed by atoms with Crippen molar-refractivity contribution in [1.29, 1.82) is 0 Å². The third-order valence-electron chi connectivity index (χ3n) is 3.84. The summed E-state index contributed by atoms with van der Waals surface area (Å²) < 4.78 is 5.51. The first-order chi connectivity index (χ1) is 13.5. The van der Waals surface area contributed by atoms with Gasteiger partial charge in [-0.25, -0.2) is 4.79 Å². The second-order valence-corrected chi connectivity index (χ2v) is 8.81. The molecule has 2 aromatic rings. The Morgan fingerprint density at radius 2 is 1.64 bits per heavy atom. The summed E-state index contributed by atoms with van der Waals surface area (Å²) in [7, 11) is 0. The number of amides is 2. The average Bonchev–Trinajstić information content (AvgIpc) is 3.21. The molecule has 0 saturated carbocycles. The Kier molecular flexibility index (Phi) is 7.00. The monoisotopic (exact) mass is 416 g/mol. The molecule has 0 radical (unpaired) electrons. The average molecular weight is 417 g/mol. The van der Waals surface area contributed by atoms with E-state index < -0.39 is 11.9 Å². The van der Waals surface area contributed by atoms with E-state index in [1.54, 1.807) is 36.4 Å². The van der Waals surface area contributed by atoms with Crippen LogP contribution >= 0.6 is 23.5 Å². The highest BCUT2D eigenvalue weighted by Crippen LogP contribution is 2.45. The number of hydrogen-bond acceptors (Lipinski definition) is 6. The first-order valence-electron chi connectivity index (χ1n) is 8.69. The lowest BCUT2D eigenvalue weighted by atomic mass is 10.1. The predicted octanol–water partition coefficient (Wildman–Crippen LogP) is 3.92. The van der Waals surface area contributed by atoms with Gasteiger partial charge in [0.15, 0.2) is 6.61 Å². The molecule has 0 atom stereocenters. The van der Waals surface area contributed by atoms with E-state index in [1.807, 2.05) is 35.7 Å². The summed E-state index contributed by atoms with van der Waals surface area (Å²) in [5.41, 5.74) is 2.67. The first-order valence-corrected chi connectivity index (χ1v) is 10.8. The van der Waals surface area contributed by atoms with Crippen LogP contribution in [0.15, 0.2) is 48.5 Å². The van der Waals surface area contributed by atoms with Crippen molar-refractivity contribution in [2.45, 2.75) is 11.5 Å². The van der Waals surface area contributed by atoms with E-state index in [9.17, 15) is 14.4 Å². The summed E-state index contributed by atoms with van der Waals surface area (Å²) in [4.78, 5) is 35.3. The van der Waals surface area contributed by atoms with Gasteiger partial charge in [-0.15, -0.1) is 23.5 Å². The summed E-state index contributed by atoms with van der Waals surface area (Å²) in [5, 5.41) is 5.27. The topological polar surface area (TPSA) is 84.5 Å². The smallest absolute Gasteiger partial charge is 0.338 e. The quantitative estimate of drug-likeness (QED) is 0.695. The van der Waals surface area contributed by atoms with E-state index >= 15 is 0 Å². The van der Waals surface area contributed by atoms with E-state index in [-0.39, 0.29) is 12.5 Å². The highest BCUT2D eigenvalue weighted by atomic mass is 32.2. The Hall–Kier alpha value is -2.45. The van der Waals surface area contributed by atoms with E-state index in [4.69, 9.17) is 4.74 Å². The van der Waals surface area contributed by atoms with Crippen LogP contribution in [0.5, 0.6) is 0 Å². The Bertz CT molecular complexity index is 865. The number of benzene rings is 2. The van der Waals surface area contributed by atoms with Crippen LogP contribution in [0.2, 0.25) is 0 Å². The van der Waals surface area contributed by atoms with Gasteiger partial charge in [0.1, 0.15) is 0 Å². The normalized spacial score (nSPS) is 13.8. The van der Waals surface area contributed by atoms with Crippen LogP contribution < -0.4 is 10.6 Å². The summed E-state index contributed by atoms with van der Waals surface area (Å²) in [6, 6.07) is 14.0. The zero-order valence-electron chi connectivity index (χ0n) is 15.3. The molecule has 0 aliphatic carbocycles. The zero-order valence-corrected chi connectivity index (χ0v) is 16.9. The van der Waals surface area contributed by atoms with E-state index in [2.05, 4.69) is 10.6 Å². The van der Waals surface area contributed by atoms with Crippen LogP contribution in [0.3, 0.4) is 0 Å². The highest BCUT2D eigenvalue weighted by molar-refractivity contribution is 8.19. The van der Waals surface area contributed by atoms with Gasteiger partial charge in [0, 0.05) is 29.8 Å². The van der Waals surface area contributed by atoms with E-state index in [0.29, 0.717) is 21.5 Å². The molecule has 2 N–H and O–H groups in total. The van der Waals surface area contributed by atoms with Crippen LogP contribution in [0, 0.1) is 0 Å². The second-order valence-electron chi connectivity index (χ2n) is 6.08. The fourth-order valence-corrected chi connectivity index (χ4v) is 5.48. The Labute approximate surface area is 171 Å². The van der Waals surface area contributed by atoms with Crippen molar-refractivity contribution in [3.05, 3.63) is 59.7 Å². The maximum atomic E-state index is 12.1. The zero-order chi connectivity index (χ0) is 19.9. The molecule has 0 unspecified atom stereocenters. The standard InChI is InChI=1S/C20H20N2O4S2/c1-13(23)21-16-3-2-4-17(11-16)22-18(24)12-26-19(25)14-5-7-15(8-6-14)20-27-9-10-28-20/h2-8,11,20H,9-10,12H2,1H3,(H,21,23)(H,22,24). The first kappa shape index (κ1) is 20.3. The fraction of sp³-hybridized carbons (Fsp3) is 0.250. The number of rotatable bonds is 6. The largest absolute Gasteiger partial charge is 0.452 e. The van der Waals surface area contributed by atoms with Gasteiger partial charge in [-0.05, 0) is 35.9 Å². The Morgan fingerprint density at radius 1 is 1.00 bits per heavy atom. The van der Waals surface area contributed by atoms with Gasteiger partial charge < -0.3 is 15.4 Å². The molecule has 146 valence electrons. The molecule has 1 aliphatic heterocycles. The molecule has 8 heteroatoms. The van der Waals surface area contributed by atoms with Crippen LogP contribution in [0.25, 0.3) is 0 Å². The summed E-state index contributed by atoms with van der Waals surface area (Å²) in [6.07, 6.45) is 0. The van der Waals surface area contributed by atoms with E-state index in [1.165, 1.54) is 12.5 Å². The molecule has 1 heterocycles. The molecule has 1 saturated heterocycles. The van der Waals surface area contributed by atoms with Gasteiger partial charge in [-0.1, -0.05) is 18.2 Å². The van der Waals surface area contributed by atoms with Crippen LogP contribution in [-0.2, 0) is 14.3 Å². The predicted molar refractivity (Wildman–Crippen MR) is 114 cm³/mol. The molecular weight excluding hydrogens is 396 g/mol. The van der Waals surface area contributed by atoms with Crippen molar-refractivity contribution in [2.75, 3.05) is 28.7 Å². The third-order valence-corrected chi connectivity index (χ3v) is 6.95. The Morgan fingerprint density at radius 3 is 2.29 bits per heavy atom. The van der Waals surface area contributed by atoms with Crippen molar-refractivity contribution in [3.63, 3.8) is 0 Å². The summed E-state index contributed by atoms with van der Waals surface area (Å²) >= 11 is 3.80. The number of anilines is 2. The number of ether oxygens (including phenoxy) is 1. The maximum Gasteiger partial charge on any atom is 0.338 e. The molecule has 28 heavy (non-hydrogen) atoms. The van der Waals surface area contributed by atoms with Gasteiger partial charge in [0.05, 0.1) is 10.1 Å². The van der Waals surface area contributed by atoms with Crippen molar-refractivity contribution in [3.8, 4) is 0 Å². The molecule has 2 aromatic carbocycles. The number of nitrogens with one attached hydrogen (secondary N) is 2. The van der Waals surface area contributed by atoms with Crippen molar-refractivity contribution >= 4 is 52.7 Å².